The number of aryl methyl sites for hydroxylation is 1. The van der Waals surface area contributed by atoms with E-state index in [2.05, 4.69) is 15.4 Å². The van der Waals surface area contributed by atoms with E-state index in [-0.39, 0.29) is 5.91 Å². The highest BCUT2D eigenvalue weighted by atomic mass is 35.5. The van der Waals surface area contributed by atoms with Crippen molar-refractivity contribution in [2.24, 2.45) is 0 Å². The molecule has 0 aliphatic rings. The number of halogens is 1. The first-order chi connectivity index (χ1) is 13.6. The number of hydrogen-bond donors (Lipinski definition) is 1. The monoisotopic (exact) mass is 392 g/mol. The number of carbonyl (C=O) groups is 1. The van der Waals surface area contributed by atoms with Crippen LogP contribution in [0.1, 0.15) is 21.5 Å². The van der Waals surface area contributed by atoms with Crippen molar-refractivity contribution in [2.75, 3.05) is 5.32 Å². The Morgan fingerprint density at radius 3 is 2.75 bits per heavy atom. The lowest BCUT2D eigenvalue weighted by Crippen LogP contribution is -2.17. The van der Waals surface area contributed by atoms with Crippen LogP contribution in [0.15, 0.2) is 71.3 Å². The standard InChI is InChI=1S/C21H17ClN4O2/c1-14-5-2-7-16(11-14)20(27)26-21(23-13-15-6-3-8-17(22)12-15)24-19(25-26)18-9-4-10-28-18/h2-12H,13H2,1H3,(H,23,24,25). The largest absolute Gasteiger partial charge is 0.461 e. The van der Waals surface area contributed by atoms with Gasteiger partial charge in [0, 0.05) is 17.1 Å². The molecule has 0 bridgehead atoms. The molecule has 4 rings (SSSR count). The summed E-state index contributed by atoms with van der Waals surface area (Å²) in [5.41, 5.74) is 2.48. The van der Waals surface area contributed by atoms with Crippen molar-refractivity contribution < 1.29 is 9.21 Å². The average Bonchev–Trinajstić information content (AvgIpc) is 3.35. The molecule has 1 N–H and O–H groups in total. The maximum Gasteiger partial charge on any atom is 0.281 e. The van der Waals surface area contributed by atoms with Gasteiger partial charge in [-0.1, -0.05) is 41.4 Å². The summed E-state index contributed by atoms with van der Waals surface area (Å²) in [4.78, 5) is 17.5. The van der Waals surface area contributed by atoms with Gasteiger partial charge in [-0.25, -0.2) is 0 Å². The summed E-state index contributed by atoms with van der Waals surface area (Å²) in [6, 6.07) is 18.3. The molecule has 0 atom stereocenters. The molecule has 7 heteroatoms. The van der Waals surface area contributed by atoms with Gasteiger partial charge in [0.2, 0.25) is 11.8 Å². The quantitative estimate of drug-likeness (QED) is 0.528. The van der Waals surface area contributed by atoms with E-state index in [0.717, 1.165) is 11.1 Å². The molecule has 0 aliphatic carbocycles. The number of benzene rings is 2. The van der Waals surface area contributed by atoms with Crippen LogP contribution < -0.4 is 5.32 Å². The zero-order valence-electron chi connectivity index (χ0n) is 15.1. The molecule has 0 fully saturated rings. The van der Waals surface area contributed by atoms with Crippen molar-refractivity contribution in [1.29, 1.82) is 0 Å². The topological polar surface area (TPSA) is 73.0 Å². The Balaban J connectivity index is 1.68. The zero-order chi connectivity index (χ0) is 19.5. The second-order valence-electron chi connectivity index (χ2n) is 6.31. The molecule has 0 radical (unpaired) electrons. The second-order valence-corrected chi connectivity index (χ2v) is 6.74. The van der Waals surface area contributed by atoms with Gasteiger partial charge in [-0.3, -0.25) is 4.79 Å². The Bertz CT molecular complexity index is 1120. The number of furan rings is 1. The number of anilines is 1. The van der Waals surface area contributed by atoms with Gasteiger partial charge in [-0.15, -0.1) is 5.10 Å². The number of nitrogens with zero attached hydrogens (tertiary/aromatic N) is 3. The third-order valence-corrected chi connectivity index (χ3v) is 4.38. The number of hydrogen-bond acceptors (Lipinski definition) is 5. The van der Waals surface area contributed by atoms with E-state index in [1.165, 1.54) is 10.9 Å². The fourth-order valence-electron chi connectivity index (χ4n) is 2.81. The first kappa shape index (κ1) is 18.0. The van der Waals surface area contributed by atoms with E-state index in [0.29, 0.717) is 34.7 Å². The number of rotatable bonds is 5. The molecule has 0 saturated carbocycles. The van der Waals surface area contributed by atoms with Crippen LogP contribution in [0, 0.1) is 6.92 Å². The second kappa shape index (κ2) is 7.70. The third-order valence-electron chi connectivity index (χ3n) is 4.15. The van der Waals surface area contributed by atoms with Gasteiger partial charge in [0.1, 0.15) is 0 Å². The number of nitrogens with one attached hydrogen (secondary N) is 1. The van der Waals surface area contributed by atoms with E-state index >= 15 is 0 Å². The first-order valence-corrected chi connectivity index (χ1v) is 9.08. The highest BCUT2D eigenvalue weighted by Gasteiger charge is 2.20. The number of carbonyl (C=O) groups excluding carboxylic acids is 1. The SMILES string of the molecule is Cc1cccc(C(=O)n2nc(-c3ccco3)nc2NCc2cccc(Cl)c2)c1. The molecule has 2 aromatic heterocycles. The smallest absolute Gasteiger partial charge is 0.281 e. The molecule has 6 nitrogen and oxygen atoms in total. The molecule has 2 heterocycles. The highest BCUT2D eigenvalue weighted by molar-refractivity contribution is 6.30. The fraction of sp³-hybridized carbons (Fsp3) is 0.0952. The lowest BCUT2D eigenvalue weighted by Gasteiger charge is -2.08. The average molecular weight is 393 g/mol. The highest BCUT2D eigenvalue weighted by Crippen LogP contribution is 2.20. The molecule has 28 heavy (non-hydrogen) atoms. The lowest BCUT2D eigenvalue weighted by molar-refractivity contribution is 0.0947. The van der Waals surface area contributed by atoms with E-state index in [1.54, 1.807) is 18.2 Å². The molecule has 0 spiro atoms. The molecule has 0 unspecified atom stereocenters. The summed E-state index contributed by atoms with van der Waals surface area (Å²) in [6.45, 7) is 2.38. The lowest BCUT2D eigenvalue weighted by atomic mass is 10.1. The van der Waals surface area contributed by atoms with E-state index in [1.807, 2.05) is 49.4 Å². The summed E-state index contributed by atoms with van der Waals surface area (Å²) in [5.74, 6) is 0.877. The van der Waals surface area contributed by atoms with Gasteiger partial charge in [0.15, 0.2) is 5.76 Å². The Morgan fingerprint density at radius 2 is 2.00 bits per heavy atom. The molecule has 4 aromatic rings. The van der Waals surface area contributed by atoms with Gasteiger partial charge < -0.3 is 9.73 Å². The molecular formula is C21H17ClN4O2. The first-order valence-electron chi connectivity index (χ1n) is 8.71. The van der Waals surface area contributed by atoms with Crippen LogP contribution in [0.5, 0.6) is 0 Å². The summed E-state index contributed by atoms with van der Waals surface area (Å²) in [6.07, 6.45) is 1.54. The predicted molar refractivity (Wildman–Crippen MR) is 107 cm³/mol. The molecule has 2 aromatic carbocycles. The van der Waals surface area contributed by atoms with Crippen LogP contribution in [0.3, 0.4) is 0 Å². The molecular weight excluding hydrogens is 376 g/mol. The van der Waals surface area contributed by atoms with Crippen LogP contribution in [0.25, 0.3) is 11.6 Å². The van der Waals surface area contributed by atoms with Gasteiger partial charge in [-0.05, 0) is 48.9 Å². The van der Waals surface area contributed by atoms with Crippen molar-refractivity contribution in [2.45, 2.75) is 13.5 Å². The Kier molecular flexibility index (Phi) is 4.95. The summed E-state index contributed by atoms with van der Waals surface area (Å²) < 4.78 is 6.64. The molecule has 0 amide bonds. The van der Waals surface area contributed by atoms with Crippen molar-refractivity contribution >= 4 is 23.5 Å². The van der Waals surface area contributed by atoms with Crippen LogP contribution in [0.4, 0.5) is 5.95 Å². The zero-order valence-corrected chi connectivity index (χ0v) is 15.8. The van der Waals surface area contributed by atoms with Gasteiger partial charge in [-0.2, -0.15) is 9.67 Å². The van der Waals surface area contributed by atoms with Crippen LogP contribution >= 0.6 is 11.6 Å². The van der Waals surface area contributed by atoms with E-state index in [4.69, 9.17) is 16.0 Å². The Morgan fingerprint density at radius 1 is 1.14 bits per heavy atom. The molecule has 0 saturated heterocycles. The summed E-state index contributed by atoms with van der Waals surface area (Å²) >= 11 is 6.05. The third kappa shape index (κ3) is 3.82. The Hall–Kier alpha value is -3.38. The van der Waals surface area contributed by atoms with Crippen LogP contribution in [-0.2, 0) is 6.54 Å². The summed E-state index contributed by atoms with van der Waals surface area (Å²) in [5, 5.41) is 8.18. The van der Waals surface area contributed by atoms with Crippen molar-refractivity contribution in [3.05, 3.63) is 88.6 Å². The van der Waals surface area contributed by atoms with Crippen LogP contribution in [-0.4, -0.2) is 20.7 Å². The van der Waals surface area contributed by atoms with Crippen molar-refractivity contribution in [3.8, 4) is 11.6 Å². The van der Waals surface area contributed by atoms with E-state index in [9.17, 15) is 4.79 Å². The van der Waals surface area contributed by atoms with Gasteiger partial charge in [0.05, 0.1) is 6.26 Å². The Labute approximate surface area is 166 Å². The van der Waals surface area contributed by atoms with Crippen molar-refractivity contribution in [1.82, 2.24) is 14.8 Å². The maximum atomic E-state index is 13.0. The van der Waals surface area contributed by atoms with Gasteiger partial charge in [0.25, 0.3) is 5.91 Å². The maximum absolute atomic E-state index is 13.0. The van der Waals surface area contributed by atoms with Crippen LogP contribution in [0.2, 0.25) is 5.02 Å². The normalized spacial score (nSPS) is 10.8. The fourth-order valence-corrected chi connectivity index (χ4v) is 3.02. The summed E-state index contributed by atoms with van der Waals surface area (Å²) in [7, 11) is 0. The van der Waals surface area contributed by atoms with Gasteiger partial charge >= 0.3 is 0 Å². The minimum Gasteiger partial charge on any atom is -0.461 e. The van der Waals surface area contributed by atoms with Crippen molar-refractivity contribution in [3.63, 3.8) is 0 Å². The molecule has 0 aliphatic heterocycles. The number of aromatic nitrogens is 3. The van der Waals surface area contributed by atoms with E-state index < -0.39 is 0 Å². The minimum atomic E-state index is -0.275. The molecule has 140 valence electrons. The minimum absolute atomic E-state index is 0.275. The predicted octanol–water partition coefficient (Wildman–Crippen LogP) is 4.80.